The number of likely N-dealkylation sites (tertiary alicyclic amines) is 1. The zero-order chi connectivity index (χ0) is 29.0. The number of rotatable bonds is 5. The van der Waals surface area contributed by atoms with Gasteiger partial charge in [0.25, 0.3) is 11.8 Å². The second-order valence-electron chi connectivity index (χ2n) is 10.7. The highest BCUT2D eigenvalue weighted by molar-refractivity contribution is 5.97. The summed E-state index contributed by atoms with van der Waals surface area (Å²) in [6.45, 7) is 0.766. The molecule has 5 rings (SSSR count). The van der Waals surface area contributed by atoms with Gasteiger partial charge in [-0.25, -0.2) is 13.2 Å². The van der Waals surface area contributed by atoms with Crippen molar-refractivity contribution in [1.82, 2.24) is 4.90 Å². The van der Waals surface area contributed by atoms with Gasteiger partial charge < -0.3 is 10.6 Å². The third-order valence-electron chi connectivity index (χ3n) is 8.39. The number of benzene rings is 3. The molecule has 0 saturated carbocycles. The van der Waals surface area contributed by atoms with E-state index in [2.05, 4.69) is 0 Å². The smallest absolute Gasteiger partial charge is 0.366 e. The van der Waals surface area contributed by atoms with Crippen molar-refractivity contribution in [3.05, 3.63) is 106 Å². The molecule has 1 aliphatic carbocycles. The lowest BCUT2D eigenvalue weighted by atomic mass is 9.63. The van der Waals surface area contributed by atoms with Crippen molar-refractivity contribution in [2.75, 3.05) is 6.54 Å². The molecule has 1 saturated heterocycles. The Kier molecular flexibility index (Phi) is 6.71. The van der Waals surface area contributed by atoms with Crippen LogP contribution in [0, 0.1) is 11.6 Å². The van der Waals surface area contributed by atoms with E-state index in [-0.39, 0.29) is 17.7 Å². The van der Waals surface area contributed by atoms with Crippen molar-refractivity contribution in [1.29, 1.82) is 0 Å². The topological polar surface area (TPSA) is 63.4 Å². The van der Waals surface area contributed by atoms with Crippen LogP contribution >= 0.6 is 0 Å². The molecule has 2 N–H and O–H groups in total. The predicted molar refractivity (Wildman–Crippen MR) is 135 cm³/mol. The van der Waals surface area contributed by atoms with Gasteiger partial charge in [0.1, 0.15) is 11.6 Å². The summed E-state index contributed by atoms with van der Waals surface area (Å²) in [5.41, 5.74) is 2.11. The molecule has 4 nitrogen and oxygen atoms in total. The average Bonchev–Trinajstić information content (AvgIpc) is 3.27. The number of carbonyl (C=O) groups is 2. The molecule has 1 unspecified atom stereocenters. The quantitative estimate of drug-likeness (QED) is 0.381. The fourth-order valence-corrected chi connectivity index (χ4v) is 6.25. The fourth-order valence-electron chi connectivity index (χ4n) is 6.25. The first-order chi connectivity index (χ1) is 18.7. The monoisotopic (exact) mass is 560 g/mol. The highest BCUT2D eigenvalue weighted by Gasteiger charge is 2.55. The Morgan fingerprint density at radius 3 is 2.33 bits per heavy atom. The highest BCUT2D eigenvalue weighted by atomic mass is 19.4. The molecule has 3 aromatic rings. The van der Waals surface area contributed by atoms with Gasteiger partial charge in [0.2, 0.25) is 5.67 Å². The van der Waals surface area contributed by atoms with E-state index in [4.69, 9.17) is 5.73 Å². The van der Waals surface area contributed by atoms with Crippen LogP contribution in [-0.2, 0) is 23.9 Å². The molecule has 0 bridgehead atoms. The fraction of sp³-hybridized carbons (Fsp3) is 0.333. The molecule has 0 aromatic heterocycles. The minimum absolute atomic E-state index is 0.0274. The summed E-state index contributed by atoms with van der Waals surface area (Å²) in [6.07, 6.45) is -3.64. The minimum Gasteiger partial charge on any atom is -0.366 e. The molecule has 3 atom stereocenters. The number of alkyl halides is 4. The molecule has 10 heteroatoms. The van der Waals surface area contributed by atoms with Gasteiger partial charge in [-0.15, -0.1) is 0 Å². The van der Waals surface area contributed by atoms with Crippen molar-refractivity contribution in [2.45, 2.75) is 55.9 Å². The number of carbonyl (C=O) groups excluding carboxylic acids is 2. The third kappa shape index (κ3) is 4.53. The van der Waals surface area contributed by atoms with E-state index in [9.17, 15) is 35.9 Å². The summed E-state index contributed by atoms with van der Waals surface area (Å²) in [7, 11) is 0. The van der Waals surface area contributed by atoms with Crippen LogP contribution in [0.4, 0.5) is 26.3 Å². The van der Waals surface area contributed by atoms with E-state index < -0.39 is 52.3 Å². The molecule has 40 heavy (non-hydrogen) atoms. The molecule has 2 aliphatic rings. The summed E-state index contributed by atoms with van der Waals surface area (Å²) in [6, 6.07) is 12.8. The zero-order valence-electron chi connectivity index (χ0n) is 21.5. The molecule has 0 radical (unpaired) electrons. The van der Waals surface area contributed by atoms with E-state index >= 15 is 0 Å². The maximum atomic E-state index is 14.8. The maximum absolute atomic E-state index is 14.8. The molecular formula is C30H26F6N2O2. The Morgan fingerprint density at radius 2 is 1.70 bits per heavy atom. The molecule has 2 amide bonds. The van der Waals surface area contributed by atoms with Gasteiger partial charge in [0, 0.05) is 23.6 Å². The number of nitrogens with zero attached hydrogens (tertiary/aromatic N) is 1. The van der Waals surface area contributed by atoms with Gasteiger partial charge in [0.15, 0.2) is 0 Å². The minimum atomic E-state index is -5.10. The Hall–Kier alpha value is -3.82. The van der Waals surface area contributed by atoms with E-state index in [1.165, 1.54) is 30.3 Å². The van der Waals surface area contributed by atoms with Crippen molar-refractivity contribution in [2.24, 2.45) is 5.73 Å². The van der Waals surface area contributed by atoms with Crippen LogP contribution in [0.5, 0.6) is 0 Å². The van der Waals surface area contributed by atoms with Crippen LogP contribution in [0.1, 0.15) is 62.7 Å². The first-order valence-electron chi connectivity index (χ1n) is 12.8. The third-order valence-corrected chi connectivity index (χ3v) is 8.39. The van der Waals surface area contributed by atoms with Crippen molar-refractivity contribution in [3.63, 3.8) is 0 Å². The molecule has 0 spiro atoms. The van der Waals surface area contributed by atoms with Crippen molar-refractivity contribution >= 4 is 11.8 Å². The van der Waals surface area contributed by atoms with Crippen LogP contribution in [-0.4, -0.2) is 35.5 Å². The number of hydrogen-bond acceptors (Lipinski definition) is 2. The van der Waals surface area contributed by atoms with Gasteiger partial charge in [-0.05, 0) is 85.2 Å². The van der Waals surface area contributed by atoms with E-state index in [1.54, 1.807) is 17.0 Å². The maximum Gasteiger partial charge on any atom is 0.426 e. The Morgan fingerprint density at radius 1 is 1.00 bits per heavy atom. The highest BCUT2D eigenvalue weighted by Crippen LogP contribution is 2.51. The predicted octanol–water partition coefficient (Wildman–Crippen LogP) is 6.15. The standard InChI is InChI=1S/C30H26F6N2O2/c1-28(33,30(34,35)36)20-6-10-23-18(14-20)5-11-25-29(23,16-17-2-7-21(31)8-3-17)12-13-38(25)27(40)19-4-9-22(26(37)39)24(32)15-19/h2-4,6-10,14-15,25H,5,11-13,16H2,1H3,(H2,37,39)/t25-,28?,29-/m1/s1. The molecule has 1 fully saturated rings. The van der Waals surface area contributed by atoms with Gasteiger partial charge >= 0.3 is 6.18 Å². The van der Waals surface area contributed by atoms with Crippen LogP contribution in [0.15, 0.2) is 60.7 Å². The first-order valence-corrected chi connectivity index (χ1v) is 12.8. The number of aryl methyl sites for hydroxylation is 1. The molecule has 1 heterocycles. The summed E-state index contributed by atoms with van der Waals surface area (Å²) in [5.74, 6) is -2.77. The van der Waals surface area contributed by atoms with Crippen molar-refractivity contribution < 1.29 is 35.9 Å². The Balaban J connectivity index is 1.57. The van der Waals surface area contributed by atoms with E-state index in [0.29, 0.717) is 43.7 Å². The Labute approximate surface area is 226 Å². The van der Waals surface area contributed by atoms with Crippen LogP contribution in [0.3, 0.4) is 0 Å². The number of halogens is 6. The lowest BCUT2D eigenvalue weighted by molar-refractivity contribution is -0.228. The normalized spacial score (nSPS) is 21.9. The largest absolute Gasteiger partial charge is 0.426 e. The summed E-state index contributed by atoms with van der Waals surface area (Å²) >= 11 is 0. The van der Waals surface area contributed by atoms with Crippen LogP contribution in [0.2, 0.25) is 0 Å². The van der Waals surface area contributed by atoms with Crippen LogP contribution < -0.4 is 5.73 Å². The molecule has 210 valence electrons. The van der Waals surface area contributed by atoms with Gasteiger partial charge in [-0.3, -0.25) is 9.59 Å². The lowest BCUT2D eigenvalue weighted by Gasteiger charge is -2.44. The average molecular weight is 561 g/mol. The summed E-state index contributed by atoms with van der Waals surface area (Å²) < 4.78 is 83.3. The van der Waals surface area contributed by atoms with Crippen LogP contribution in [0.25, 0.3) is 0 Å². The molecular weight excluding hydrogens is 534 g/mol. The van der Waals surface area contributed by atoms with E-state index in [0.717, 1.165) is 23.8 Å². The SMILES string of the molecule is CC(F)(c1ccc2c(c1)CC[C@H]1N(C(=O)c3ccc(C(N)=O)c(F)c3)CC[C@@]21Cc1ccc(F)cc1)C(F)(F)F. The number of hydrogen-bond donors (Lipinski definition) is 1. The Bertz CT molecular complexity index is 1480. The van der Waals surface area contributed by atoms with Crippen molar-refractivity contribution in [3.8, 4) is 0 Å². The molecule has 1 aliphatic heterocycles. The zero-order valence-corrected chi connectivity index (χ0v) is 21.5. The number of nitrogens with two attached hydrogens (primary N) is 1. The number of fused-ring (bicyclic) bond motifs is 3. The number of amides is 2. The second-order valence-corrected chi connectivity index (χ2v) is 10.7. The summed E-state index contributed by atoms with van der Waals surface area (Å²) in [5, 5.41) is 0. The van der Waals surface area contributed by atoms with Gasteiger partial charge in [-0.2, -0.15) is 13.2 Å². The van der Waals surface area contributed by atoms with E-state index in [1.807, 2.05) is 0 Å². The second kappa shape index (κ2) is 9.67. The first kappa shape index (κ1) is 27.7. The summed E-state index contributed by atoms with van der Waals surface area (Å²) in [4.78, 5) is 26.6. The van der Waals surface area contributed by atoms with Gasteiger partial charge in [0.05, 0.1) is 5.56 Å². The lowest BCUT2D eigenvalue weighted by Crippen LogP contribution is -2.49. The number of primary amides is 1. The van der Waals surface area contributed by atoms with Gasteiger partial charge in [-0.1, -0.05) is 30.3 Å². The molecule has 3 aromatic carbocycles.